The number of hydrogen-bond acceptors (Lipinski definition) is 3. The zero-order valence-corrected chi connectivity index (χ0v) is 10.6. The lowest BCUT2D eigenvalue weighted by Gasteiger charge is -2.16. The van der Waals surface area contributed by atoms with Crippen molar-refractivity contribution in [2.24, 2.45) is 5.73 Å². The maximum absolute atomic E-state index is 6.13. The van der Waals surface area contributed by atoms with Crippen molar-refractivity contribution in [3.63, 3.8) is 0 Å². The van der Waals surface area contributed by atoms with Crippen molar-refractivity contribution < 1.29 is 4.74 Å². The summed E-state index contributed by atoms with van der Waals surface area (Å²) >= 11 is 0. The molecular formula is C13H22N2O. The van der Waals surface area contributed by atoms with Crippen molar-refractivity contribution in [3.05, 3.63) is 28.8 Å². The first kappa shape index (κ1) is 13.0. The van der Waals surface area contributed by atoms with Crippen LogP contribution in [0.4, 0.5) is 0 Å². The Kier molecular flexibility index (Phi) is 4.77. The Morgan fingerprint density at radius 3 is 2.31 bits per heavy atom. The predicted octanol–water partition coefficient (Wildman–Crippen LogP) is 1.92. The Bertz CT molecular complexity index is 327. The average molecular weight is 222 g/mol. The Labute approximate surface area is 98.0 Å². The monoisotopic (exact) mass is 222 g/mol. The molecule has 0 heterocycles. The summed E-state index contributed by atoms with van der Waals surface area (Å²) in [5.74, 6) is 0.963. The van der Waals surface area contributed by atoms with Crippen LogP contribution in [0.2, 0.25) is 0 Å². The molecule has 0 aliphatic carbocycles. The SMILES string of the molecule is CNCCC(N)c1cc(C)c(OC)c(C)c1. The largest absolute Gasteiger partial charge is 0.496 e. The van der Waals surface area contributed by atoms with Crippen molar-refractivity contribution >= 4 is 0 Å². The summed E-state index contributed by atoms with van der Waals surface area (Å²) in [5, 5.41) is 3.12. The van der Waals surface area contributed by atoms with Gasteiger partial charge in [-0.25, -0.2) is 0 Å². The quantitative estimate of drug-likeness (QED) is 0.800. The minimum absolute atomic E-state index is 0.0933. The van der Waals surface area contributed by atoms with Crippen LogP contribution in [-0.4, -0.2) is 20.7 Å². The number of benzene rings is 1. The molecule has 0 fully saturated rings. The molecule has 0 spiro atoms. The van der Waals surface area contributed by atoms with E-state index in [-0.39, 0.29) is 6.04 Å². The van der Waals surface area contributed by atoms with Crippen LogP contribution in [0.3, 0.4) is 0 Å². The number of nitrogens with two attached hydrogens (primary N) is 1. The van der Waals surface area contributed by atoms with Gasteiger partial charge in [0.2, 0.25) is 0 Å². The number of methoxy groups -OCH3 is 1. The molecule has 16 heavy (non-hydrogen) atoms. The predicted molar refractivity (Wildman–Crippen MR) is 67.9 cm³/mol. The highest BCUT2D eigenvalue weighted by molar-refractivity contribution is 5.44. The van der Waals surface area contributed by atoms with Gasteiger partial charge in [-0.1, -0.05) is 12.1 Å². The molecule has 1 aromatic carbocycles. The maximum atomic E-state index is 6.13. The van der Waals surface area contributed by atoms with Crippen LogP contribution in [-0.2, 0) is 0 Å². The average Bonchev–Trinajstić information content (AvgIpc) is 2.25. The summed E-state index contributed by atoms with van der Waals surface area (Å²) in [6.07, 6.45) is 0.946. The van der Waals surface area contributed by atoms with Gasteiger partial charge in [-0.3, -0.25) is 0 Å². The highest BCUT2D eigenvalue weighted by Gasteiger charge is 2.10. The zero-order valence-electron chi connectivity index (χ0n) is 10.6. The fourth-order valence-corrected chi connectivity index (χ4v) is 1.99. The third kappa shape index (κ3) is 2.97. The zero-order chi connectivity index (χ0) is 12.1. The Hall–Kier alpha value is -1.06. The molecule has 1 atom stereocenters. The molecule has 1 rings (SSSR count). The molecule has 0 saturated carbocycles. The van der Waals surface area contributed by atoms with E-state index < -0.39 is 0 Å². The van der Waals surface area contributed by atoms with Gasteiger partial charge in [-0.15, -0.1) is 0 Å². The van der Waals surface area contributed by atoms with Gasteiger partial charge in [-0.05, 0) is 50.6 Å². The summed E-state index contributed by atoms with van der Waals surface area (Å²) in [6.45, 7) is 5.05. The molecular weight excluding hydrogens is 200 g/mol. The van der Waals surface area contributed by atoms with E-state index in [9.17, 15) is 0 Å². The van der Waals surface area contributed by atoms with E-state index in [4.69, 9.17) is 10.5 Å². The fraction of sp³-hybridized carbons (Fsp3) is 0.538. The highest BCUT2D eigenvalue weighted by atomic mass is 16.5. The minimum Gasteiger partial charge on any atom is -0.496 e. The maximum Gasteiger partial charge on any atom is 0.124 e. The summed E-state index contributed by atoms with van der Waals surface area (Å²) in [6, 6.07) is 4.33. The molecule has 0 aliphatic heterocycles. The summed E-state index contributed by atoms with van der Waals surface area (Å²) in [7, 11) is 3.65. The first-order valence-electron chi connectivity index (χ1n) is 5.65. The van der Waals surface area contributed by atoms with Crippen LogP contribution in [0.1, 0.15) is 29.2 Å². The smallest absolute Gasteiger partial charge is 0.124 e. The second kappa shape index (κ2) is 5.87. The van der Waals surface area contributed by atoms with Gasteiger partial charge >= 0.3 is 0 Å². The van der Waals surface area contributed by atoms with Gasteiger partial charge < -0.3 is 15.8 Å². The van der Waals surface area contributed by atoms with E-state index in [1.807, 2.05) is 7.05 Å². The van der Waals surface area contributed by atoms with E-state index in [0.717, 1.165) is 29.8 Å². The van der Waals surface area contributed by atoms with E-state index >= 15 is 0 Å². The third-order valence-electron chi connectivity index (χ3n) is 2.82. The molecule has 3 nitrogen and oxygen atoms in total. The third-order valence-corrected chi connectivity index (χ3v) is 2.82. The van der Waals surface area contributed by atoms with E-state index in [0.29, 0.717) is 0 Å². The second-order valence-electron chi connectivity index (χ2n) is 4.19. The lowest BCUT2D eigenvalue weighted by molar-refractivity contribution is 0.408. The fourth-order valence-electron chi connectivity index (χ4n) is 1.99. The number of rotatable bonds is 5. The van der Waals surface area contributed by atoms with Crippen molar-refractivity contribution in [2.75, 3.05) is 20.7 Å². The van der Waals surface area contributed by atoms with Crippen LogP contribution < -0.4 is 15.8 Å². The molecule has 3 heteroatoms. The lowest BCUT2D eigenvalue weighted by atomic mass is 9.99. The molecule has 0 saturated heterocycles. The first-order valence-corrected chi connectivity index (χ1v) is 5.65. The second-order valence-corrected chi connectivity index (χ2v) is 4.19. The number of ether oxygens (including phenoxy) is 1. The number of nitrogens with one attached hydrogen (secondary N) is 1. The highest BCUT2D eigenvalue weighted by Crippen LogP contribution is 2.27. The molecule has 0 aliphatic rings. The lowest BCUT2D eigenvalue weighted by Crippen LogP contribution is -2.18. The van der Waals surface area contributed by atoms with Crippen LogP contribution in [0, 0.1) is 13.8 Å². The summed E-state index contributed by atoms with van der Waals surface area (Å²) in [5.41, 5.74) is 9.62. The molecule has 3 N–H and O–H groups in total. The molecule has 1 unspecified atom stereocenters. The number of hydrogen-bond donors (Lipinski definition) is 2. The van der Waals surface area contributed by atoms with Crippen molar-refractivity contribution in [3.8, 4) is 5.75 Å². The van der Waals surface area contributed by atoms with Crippen molar-refractivity contribution in [2.45, 2.75) is 26.3 Å². The molecule has 1 aromatic rings. The van der Waals surface area contributed by atoms with Crippen LogP contribution in [0.5, 0.6) is 5.75 Å². The van der Waals surface area contributed by atoms with Gasteiger partial charge in [0.1, 0.15) is 5.75 Å². The van der Waals surface area contributed by atoms with Gasteiger partial charge in [-0.2, -0.15) is 0 Å². The molecule has 0 aromatic heterocycles. The summed E-state index contributed by atoms with van der Waals surface area (Å²) in [4.78, 5) is 0. The van der Waals surface area contributed by atoms with E-state index in [2.05, 4.69) is 31.3 Å². The summed E-state index contributed by atoms with van der Waals surface area (Å²) < 4.78 is 5.34. The Morgan fingerprint density at radius 2 is 1.88 bits per heavy atom. The van der Waals surface area contributed by atoms with Crippen molar-refractivity contribution in [1.29, 1.82) is 0 Å². The van der Waals surface area contributed by atoms with Crippen LogP contribution in [0.15, 0.2) is 12.1 Å². The van der Waals surface area contributed by atoms with Gasteiger partial charge in [0, 0.05) is 6.04 Å². The number of aryl methyl sites for hydroxylation is 2. The minimum atomic E-state index is 0.0933. The van der Waals surface area contributed by atoms with Crippen LogP contribution in [0.25, 0.3) is 0 Å². The molecule has 0 amide bonds. The van der Waals surface area contributed by atoms with Gasteiger partial charge in [0.25, 0.3) is 0 Å². The first-order chi connectivity index (χ1) is 7.60. The van der Waals surface area contributed by atoms with Crippen LogP contribution >= 0.6 is 0 Å². The molecule has 0 radical (unpaired) electrons. The van der Waals surface area contributed by atoms with E-state index in [1.165, 1.54) is 5.56 Å². The normalized spacial score (nSPS) is 12.6. The Morgan fingerprint density at radius 1 is 1.31 bits per heavy atom. The topological polar surface area (TPSA) is 47.3 Å². The van der Waals surface area contributed by atoms with Gasteiger partial charge in [0.05, 0.1) is 7.11 Å². The standard InChI is InChI=1S/C13H22N2O/c1-9-7-11(12(14)5-6-15-3)8-10(2)13(9)16-4/h7-8,12,15H,5-6,14H2,1-4H3. The molecule has 0 bridgehead atoms. The van der Waals surface area contributed by atoms with E-state index in [1.54, 1.807) is 7.11 Å². The van der Waals surface area contributed by atoms with Gasteiger partial charge in [0.15, 0.2) is 0 Å². The Balaban J connectivity index is 2.90. The molecule has 90 valence electrons. The van der Waals surface area contributed by atoms with Crippen molar-refractivity contribution in [1.82, 2.24) is 5.32 Å².